The number of nitrogens with zero attached hydrogens (tertiary/aromatic N) is 2. The van der Waals surface area contributed by atoms with Crippen LogP contribution in [0.2, 0.25) is 0 Å². The standard InChI is InChI=1S/C24H26N4O5/c1-4-33-24(31)21-13-14-28(27-21)19-9-7-18(8-10-19)26-23(30)15-22(25-16(2)29)17-5-11-20(32-3)12-6-17/h5-14,22H,4,15H2,1-3H3,(H,25,29)(H,26,30). The highest BCUT2D eigenvalue weighted by Crippen LogP contribution is 2.21. The van der Waals surface area contributed by atoms with Gasteiger partial charge in [0.15, 0.2) is 5.69 Å². The highest BCUT2D eigenvalue weighted by molar-refractivity contribution is 5.91. The van der Waals surface area contributed by atoms with Gasteiger partial charge in [0.1, 0.15) is 5.75 Å². The average molecular weight is 450 g/mol. The molecule has 1 heterocycles. The zero-order valence-corrected chi connectivity index (χ0v) is 18.7. The summed E-state index contributed by atoms with van der Waals surface area (Å²) in [6.45, 7) is 3.43. The molecule has 3 aromatic rings. The fourth-order valence-corrected chi connectivity index (χ4v) is 3.21. The Morgan fingerprint density at radius 1 is 1.03 bits per heavy atom. The van der Waals surface area contributed by atoms with Crippen molar-refractivity contribution >= 4 is 23.5 Å². The van der Waals surface area contributed by atoms with E-state index in [1.807, 2.05) is 12.1 Å². The van der Waals surface area contributed by atoms with Gasteiger partial charge in [-0.25, -0.2) is 9.48 Å². The van der Waals surface area contributed by atoms with Crippen LogP contribution in [0.1, 0.15) is 42.4 Å². The quantitative estimate of drug-likeness (QED) is 0.484. The Balaban J connectivity index is 1.65. The monoisotopic (exact) mass is 450 g/mol. The smallest absolute Gasteiger partial charge is 0.358 e. The maximum absolute atomic E-state index is 12.6. The second-order valence-electron chi connectivity index (χ2n) is 7.19. The number of esters is 1. The molecule has 0 radical (unpaired) electrons. The van der Waals surface area contributed by atoms with E-state index in [1.165, 1.54) is 6.92 Å². The first-order valence-electron chi connectivity index (χ1n) is 10.4. The molecular weight excluding hydrogens is 424 g/mol. The van der Waals surface area contributed by atoms with E-state index in [0.717, 1.165) is 11.3 Å². The normalized spacial score (nSPS) is 11.4. The molecule has 3 rings (SSSR count). The van der Waals surface area contributed by atoms with Gasteiger partial charge in [-0.1, -0.05) is 12.1 Å². The van der Waals surface area contributed by atoms with E-state index in [-0.39, 0.29) is 30.5 Å². The van der Waals surface area contributed by atoms with Crippen LogP contribution in [0.15, 0.2) is 60.8 Å². The number of ether oxygens (including phenoxy) is 2. The molecule has 2 N–H and O–H groups in total. The number of anilines is 1. The predicted molar refractivity (Wildman–Crippen MR) is 122 cm³/mol. The lowest BCUT2D eigenvalue weighted by Gasteiger charge is -2.18. The number of aromatic nitrogens is 2. The summed E-state index contributed by atoms with van der Waals surface area (Å²) in [4.78, 5) is 36.1. The van der Waals surface area contributed by atoms with Crippen molar-refractivity contribution in [2.75, 3.05) is 19.0 Å². The Morgan fingerprint density at radius 3 is 2.33 bits per heavy atom. The fourth-order valence-electron chi connectivity index (χ4n) is 3.21. The summed E-state index contributed by atoms with van der Waals surface area (Å²) >= 11 is 0. The van der Waals surface area contributed by atoms with Crippen LogP contribution < -0.4 is 15.4 Å². The van der Waals surface area contributed by atoms with Gasteiger partial charge in [0, 0.05) is 18.8 Å². The largest absolute Gasteiger partial charge is 0.497 e. The lowest BCUT2D eigenvalue weighted by atomic mass is 10.0. The first kappa shape index (κ1) is 23.5. The molecule has 2 aromatic carbocycles. The number of benzene rings is 2. The zero-order valence-electron chi connectivity index (χ0n) is 18.7. The summed E-state index contributed by atoms with van der Waals surface area (Å²) in [6.07, 6.45) is 1.72. The lowest BCUT2D eigenvalue weighted by molar-refractivity contribution is -0.120. The molecule has 0 aliphatic rings. The zero-order chi connectivity index (χ0) is 23.8. The van der Waals surface area contributed by atoms with Crippen molar-refractivity contribution in [3.63, 3.8) is 0 Å². The van der Waals surface area contributed by atoms with Crippen molar-refractivity contribution in [3.05, 3.63) is 72.1 Å². The minimum absolute atomic E-state index is 0.0652. The second-order valence-corrected chi connectivity index (χ2v) is 7.19. The van der Waals surface area contributed by atoms with Gasteiger partial charge < -0.3 is 20.1 Å². The van der Waals surface area contributed by atoms with Crippen LogP contribution in [0.3, 0.4) is 0 Å². The van der Waals surface area contributed by atoms with Crippen molar-refractivity contribution < 1.29 is 23.9 Å². The second kappa shape index (κ2) is 10.9. The van der Waals surface area contributed by atoms with Gasteiger partial charge in [0.05, 0.1) is 31.9 Å². The molecule has 1 atom stereocenters. The molecule has 2 amide bonds. The van der Waals surface area contributed by atoms with Gasteiger partial charge in [-0.05, 0) is 55.0 Å². The average Bonchev–Trinajstić information content (AvgIpc) is 3.29. The molecule has 0 bridgehead atoms. The van der Waals surface area contributed by atoms with Crippen molar-refractivity contribution in [2.45, 2.75) is 26.3 Å². The summed E-state index contributed by atoms with van der Waals surface area (Å²) in [5.41, 5.74) is 2.33. The Bertz CT molecular complexity index is 1110. The molecule has 0 aliphatic carbocycles. The molecule has 1 aromatic heterocycles. The summed E-state index contributed by atoms with van der Waals surface area (Å²) in [6, 6.07) is 15.3. The fraction of sp³-hybridized carbons (Fsp3) is 0.250. The van der Waals surface area contributed by atoms with Crippen molar-refractivity contribution in [1.29, 1.82) is 0 Å². The first-order chi connectivity index (χ1) is 15.9. The molecule has 0 saturated carbocycles. The van der Waals surface area contributed by atoms with E-state index < -0.39 is 12.0 Å². The Hall–Kier alpha value is -4.14. The van der Waals surface area contributed by atoms with E-state index in [4.69, 9.17) is 9.47 Å². The maximum atomic E-state index is 12.6. The van der Waals surface area contributed by atoms with Crippen LogP contribution in [0.4, 0.5) is 5.69 Å². The predicted octanol–water partition coefficient (Wildman–Crippen LogP) is 3.26. The van der Waals surface area contributed by atoms with E-state index in [9.17, 15) is 14.4 Å². The third-order valence-corrected chi connectivity index (χ3v) is 4.77. The SMILES string of the molecule is CCOC(=O)c1ccn(-c2ccc(NC(=O)CC(NC(C)=O)c3ccc(OC)cc3)cc2)n1. The van der Waals surface area contributed by atoms with Crippen LogP contribution >= 0.6 is 0 Å². The van der Waals surface area contributed by atoms with Gasteiger partial charge in [-0.3, -0.25) is 9.59 Å². The van der Waals surface area contributed by atoms with E-state index >= 15 is 0 Å². The molecule has 1 unspecified atom stereocenters. The van der Waals surface area contributed by atoms with Crippen LogP contribution in [0, 0.1) is 0 Å². The first-order valence-corrected chi connectivity index (χ1v) is 10.4. The van der Waals surface area contributed by atoms with Crippen molar-refractivity contribution in [1.82, 2.24) is 15.1 Å². The number of hydrogen-bond acceptors (Lipinski definition) is 6. The molecular formula is C24H26N4O5. The van der Waals surface area contributed by atoms with Crippen LogP contribution in [-0.4, -0.2) is 41.3 Å². The van der Waals surface area contributed by atoms with E-state index in [2.05, 4.69) is 15.7 Å². The number of nitrogens with one attached hydrogen (secondary N) is 2. The van der Waals surface area contributed by atoms with Gasteiger partial charge in [0.25, 0.3) is 0 Å². The third kappa shape index (κ3) is 6.42. The number of hydrogen-bond donors (Lipinski definition) is 2. The molecule has 33 heavy (non-hydrogen) atoms. The van der Waals surface area contributed by atoms with E-state index in [0.29, 0.717) is 11.4 Å². The molecule has 0 saturated heterocycles. The number of methoxy groups -OCH3 is 1. The summed E-state index contributed by atoms with van der Waals surface area (Å²) in [5.74, 6) is -0.266. The minimum Gasteiger partial charge on any atom is -0.497 e. The number of carbonyl (C=O) groups excluding carboxylic acids is 3. The molecule has 0 fully saturated rings. The summed E-state index contributed by atoms with van der Waals surface area (Å²) in [7, 11) is 1.57. The number of rotatable bonds is 9. The van der Waals surface area contributed by atoms with Gasteiger partial charge in [-0.15, -0.1) is 0 Å². The molecule has 0 aliphatic heterocycles. The number of amides is 2. The van der Waals surface area contributed by atoms with Crippen molar-refractivity contribution in [3.8, 4) is 11.4 Å². The molecule has 172 valence electrons. The number of carbonyl (C=O) groups is 3. The molecule has 9 nitrogen and oxygen atoms in total. The van der Waals surface area contributed by atoms with Crippen LogP contribution in [0.5, 0.6) is 5.75 Å². The maximum Gasteiger partial charge on any atom is 0.358 e. The Morgan fingerprint density at radius 2 is 1.73 bits per heavy atom. The van der Waals surface area contributed by atoms with Gasteiger partial charge in [-0.2, -0.15) is 5.10 Å². The minimum atomic E-state index is -0.481. The van der Waals surface area contributed by atoms with Gasteiger partial charge >= 0.3 is 5.97 Å². The van der Waals surface area contributed by atoms with E-state index in [1.54, 1.807) is 67.4 Å². The highest BCUT2D eigenvalue weighted by atomic mass is 16.5. The third-order valence-electron chi connectivity index (χ3n) is 4.77. The van der Waals surface area contributed by atoms with Crippen LogP contribution in [-0.2, 0) is 14.3 Å². The molecule has 9 heteroatoms. The van der Waals surface area contributed by atoms with Crippen LogP contribution in [0.25, 0.3) is 5.69 Å². The highest BCUT2D eigenvalue weighted by Gasteiger charge is 2.18. The Labute approximate surface area is 191 Å². The molecule has 0 spiro atoms. The summed E-state index contributed by atoms with van der Waals surface area (Å²) in [5, 5.41) is 9.86. The topological polar surface area (TPSA) is 112 Å². The lowest BCUT2D eigenvalue weighted by Crippen LogP contribution is -2.29. The summed E-state index contributed by atoms with van der Waals surface area (Å²) < 4.78 is 11.7. The Kier molecular flexibility index (Phi) is 7.80. The van der Waals surface area contributed by atoms with Crippen molar-refractivity contribution in [2.24, 2.45) is 0 Å². The van der Waals surface area contributed by atoms with Gasteiger partial charge in [0.2, 0.25) is 11.8 Å².